The van der Waals surface area contributed by atoms with Crippen molar-refractivity contribution in [1.29, 1.82) is 0 Å². The molecule has 0 aliphatic rings. The molecule has 0 saturated carbocycles. The van der Waals surface area contributed by atoms with Gasteiger partial charge in [0, 0.05) is 0 Å². The highest BCUT2D eigenvalue weighted by Crippen LogP contribution is 2.00. The SMILES string of the molecule is CC(=O)[C@@H](O)[C@@H](O)[C@@H](O)CO. The highest BCUT2D eigenvalue weighted by molar-refractivity contribution is 5.80. The zero-order chi connectivity index (χ0) is 9.02. The normalized spacial score (nSPS) is 19.0. The van der Waals surface area contributed by atoms with Gasteiger partial charge in [-0.2, -0.15) is 0 Å². The molecule has 0 amide bonds. The van der Waals surface area contributed by atoms with Crippen LogP contribution in [0.4, 0.5) is 0 Å². The third-order valence-electron chi connectivity index (χ3n) is 1.32. The lowest BCUT2D eigenvalue weighted by atomic mass is 10.1. The Bertz CT molecular complexity index is 135. The van der Waals surface area contributed by atoms with E-state index in [9.17, 15) is 4.79 Å². The molecule has 11 heavy (non-hydrogen) atoms. The first-order valence-electron chi connectivity index (χ1n) is 3.16. The van der Waals surface area contributed by atoms with Crippen LogP contribution in [0.3, 0.4) is 0 Å². The molecule has 0 saturated heterocycles. The molecule has 0 aromatic rings. The summed E-state index contributed by atoms with van der Waals surface area (Å²) in [4.78, 5) is 10.4. The Balaban J connectivity index is 4.00. The van der Waals surface area contributed by atoms with Crippen molar-refractivity contribution >= 4 is 5.78 Å². The van der Waals surface area contributed by atoms with Crippen LogP contribution in [0.15, 0.2) is 0 Å². The minimum atomic E-state index is -1.63. The molecule has 5 nitrogen and oxygen atoms in total. The molecule has 0 fully saturated rings. The standard InChI is InChI=1S/C6H12O5/c1-3(8)5(10)6(11)4(9)2-7/h4-7,9-11H,2H2,1H3/t4-,5+,6-/m0/s1. The van der Waals surface area contributed by atoms with Crippen molar-refractivity contribution in [2.24, 2.45) is 0 Å². The van der Waals surface area contributed by atoms with Gasteiger partial charge in [0.05, 0.1) is 6.61 Å². The Labute approximate surface area is 63.9 Å². The molecule has 0 aromatic heterocycles. The Morgan fingerprint density at radius 1 is 1.36 bits per heavy atom. The molecule has 5 heteroatoms. The lowest BCUT2D eigenvalue weighted by Crippen LogP contribution is -2.42. The first-order chi connectivity index (χ1) is 5.00. The number of ketones is 1. The highest BCUT2D eigenvalue weighted by atomic mass is 16.4. The van der Waals surface area contributed by atoms with Gasteiger partial charge in [0.2, 0.25) is 0 Å². The largest absolute Gasteiger partial charge is 0.394 e. The molecule has 66 valence electrons. The van der Waals surface area contributed by atoms with Gasteiger partial charge in [-0.25, -0.2) is 0 Å². The lowest BCUT2D eigenvalue weighted by molar-refractivity contribution is -0.137. The van der Waals surface area contributed by atoms with Crippen molar-refractivity contribution in [2.75, 3.05) is 6.61 Å². The maximum absolute atomic E-state index is 10.4. The second-order valence-corrected chi connectivity index (χ2v) is 2.30. The quantitative estimate of drug-likeness (QED) is 0.373. The molecule has 0 spiro atoms. The van der Waals surface area contributed by atoms with Gasteiger partial charge >= 0.3 is 0 Å². The van der Waals surface area contributed by atoms with Gasteiger partial charge in [-0.05, 0) is 6.92 Å². The van der Waals surface area contributed by atoms with Crippen LogP contribution < -0.4 is 0 Å². The summed E-state index contributed by atoms with van der Waals surface area (Å²) in [5, 5.41) is 34.7. The molecule has 0 aliphatic heterocycles. The van der Waals surface area contributed by atoms with Gasteiger partial charge in [-0.3, -0.25) is 4.79 Å². The molecule has 0 aromatic carbocycles. The minimum Gasteiger partial charge on any atom is -0.394 e. The van der Waals surface area contributed by atoms with Gasteiger partial charge in [-0.1, -0.05) is 0 Å². The number of carbonyl (C=O) groups excluding carboxylic acids is 1. The van der Waals surface area contributed by atoms with Gasteiger partial charge < -0.3 is 20.4 Å². The third-order valence-corrected chi connectivity index (χ3v) is 1.32. The Morgan fingerprint density at radius 3 is 2.09 bits per heavy atom. The Kier molecular flexibility index (Phi) is 4.20. The van der Waals surface area contributed by atoms with Crippen LogP contribution >= 0.6 is 0 Å². The monoisotopic (exact) mass is 164 g/mol. The molecule has 4 N–H and O–H groups in total. The van der Waals surface area contributed by atoms with E-state index in [1.807, 2.05) is 0 Å². The van der Waals surface area contributed by atoms with Crippen molar-refractivity contribution in [3.05, 3.63) is 0 Å². The number of aliphatic hydroxyl groups excluding tert-OH is 4. The molecule has 3 atom stereocenters. The molecular weight excluding hydrogens is 152 g/mol. The zero-order valence-electron chi connectivity index (χ0n) is 6.14. The number of Topliss-reactive ketones (excluding diaryl/α,β-unsaturated/α-hetero) is 1. The van der Waals surface area contributed by atoms with E-state index in [0.717, 1.165) is 6.92 Å². The van der Waals surface area contributed by atoms with Crippen LogP contribution in [-0.4, -0.2) is 51.1 Å². The van der Waals surface area contributed by atoms with E-state index >= 15 is 0 Å². The van der Waals surface area contributed by atoms with Gasteiger partial charge in [0.15, 0.2) is 5.78 Å². The molecule has 0 radical (unpaired) electrons. The molecule has 0 unspecified atom stereocenters. The average molecular weight is 164 g/mol. The van der Waals surface area contributed by atoms with E-state index in [1.54, 1.807) is 0 Å². The first kappa shape index (κ1) is 10.5. The molecule has 0 heterocycles. The van der Waals surface area contributed by atoms with Crippen molar-refractivity contribution in [2.45, 2.75) is 25.2 Å². The van der Waals surface area contributed by atoms with Crippen molar-refractivity contribution < 1.29 is 25.2 Å². The predicted molar refractivity (Wildman–Crippen MR) is 35.8 cm³/mol. The summed E-state index contributed by atoms with van der Waals surface area (Å²) in [6.07, 6.45) is -4.72. The third kappa shape index (κ3) is 2.94. The lowest BCUT2D eigenvalue weighted by Gasteiger charge is -2.18. The number of carbonyl (C=O) groups is 1. The number of aliphatic hydroxyl groups is 4. The van der Waals surface area contributed by atoms with E-state index in [2.05, 4.69) is 0 Å². The molecule has 0 bridgehead atoms. The van der Waals surface area contributed by atoms with Crippen LogP contribution in [0.2, 0.25) is 0 Å². The summed E-state index contributed by atoms with van der Waals surface area (Å²) in [6, 6.07) is 0. The smallest absolute Gasteiger partial charge is 0.160 e. The van der Waals surface area contributed by atoms with E-state index in [1.165, 1.54) is 0 Å². The summed E-state index contributed by atoms with van der Waals surface area (Å²) in [6.45, 7) is 0.392. The summed E-state index contributed by atoms with van der Waals surface area (Å²) >= 11 is 0. The minimum absolute atomic E-state index is 0.648. The summed E-state index contributed by atoms with van der Waals surface area (Å²) in [5.74, 6) is -0.648. The fraction of sp³-hybridized carbons (Fsp3) is 0.833. The molecular formula is C6H12O5. The topological polar surface area (TPSA) is 98.0 Å². The zero-order valence-corrected chi connectivity index (χ0v) is 6.14. The second kappa shape index (κ2) is 4.40. The van der Waals surface area contributed by atoms with Crippen molar-refractivity contribution in [1.82, 2.24) is 0 Å². The second-order valence-electron chi connectivity index (χ2n) is 2.30. The summed E-state index contributed by atoms with van der Waals surface area (Å²) < 4.78 is 0. The predicted octanol–water partition coefficient (Wildman–Crippen LogP) is -2.35. The fourth-order valence-electron chi connectivity index (χ4n) is 0.559. The van der Waals surface area contributed by atoms with Crippen molar-refractivity contribution in [3.63, 3.8) is 0 Å². The molecule has 0 aliphatic carbocycles. The van der Waals surface area contributed by atoms with Crippen LogP contribution in [0.5, 0.6) is 0 Å². The maximum Gasteiger partial charge on any atom is 0.160 e. The van der Waals surface area contributed by atoms with Gasteiger partial charge in [0.1, 0.15) is 18.3 Å². The summed E-state index contributed by atoms with van der Waals surface area (Å²) in [7, 11) is 0. The van der Waals surface area contributed by atoms with Crippen LogP contribution in [0.25, 0.3) is 0 Å². The van der Waals surface area contributed by atoms with E-state index in [4.69, 9.17) is 20.4 Å². The fourth-order valence-corrected chi connectivity index (χ4v) is 0.559. The van der Waals surface area contributed by atoms with Crippen LogP contribution in [0, 0.1) is 0 Å². The van der Waals surface area contributed by atoms with Gasteiger partial charge in [0.25, 0.3) is 0 Å². The van der Waals surface area contributed by atoms with Crippen LogP contribution in [0.1, 0.15) is 6.92 Å². The molecule has 0 rings (SSSR count). The van der Waals surface area contributed by atoms with E-state index < -0.39 is 30.7 Å². The summed E-state index contributed by atoms with van der Waals surface area (Å²) in [5.41, 5.74) is 0. The number of hydrogen-bond acceptors (Lipinski definition) is 5. The highest BCUT2D eigenvalue weighted by Gasteiger charge is 2.26. The Hall–Kier alpha value is -0.490. The number of rotatable bonds is 4. The maximum atomic E-state index is 10.4. The first-order valence-corrected chi connectivity index (χ1v) is 3.16. The van der Waals surface area contributed by atoms with Crippen LogP contribution in [-0.2, 0) is 4.79 Å². The van der Waals surface area contributed by atoms with Crippen molar-refractivity contribution in [3.8, 4) is 0 Å². The number of hydrogen-bond donors (Lipinski definition) is 4. The van der Waals surface area contributed by atoms with E-state index in [0.29, 0.717) is 0 Å². The average Bonchev–Trinajstić information content (AvgIpc) is 2.00. The van der Waals surface area contributed by atoms with E-state index in [-0.39, 0.29) is 0 Å². The van der Waals surface area contributed by atoms with Gasteiger partial charge in [-0.15, -0.1) is 0 Å². The Morgan fingerprint density at radius 2 is 1.82 bits per heavy atom.